The molecule has 0 aromatic heterocycles. The third-order valence-corrected chi connectivity index (χ3v) is 2.72. The molecule has 0 aliphatic rings. The molecule has 6 nitrogen and oxygen atoms in total. The number of nitrogens with one attached hydrogen (secondary N) is 2. The van der Waals surface area contributed by atoms with Crippen LogP contribution >= 0.6 is 0 Å². The lowest BCUT2D eigenvalue weighted by atomic mass is 10.1. The molecule has 0 fully saturated rings. The number of rotatable bonds is 7. The second kappa shape index (κ2) is 8.26. The molecule has 0 saturated carbocycles. The number of hydrogen-bond acceptors (Lipinski definition) is 3. The minimum absolute atomic E-state index is 0.101. The van der Waals surface area contributed by atoms with Crippen molar-refractivity contribution in [2.75, 3.05) is 25.1 Å². The van der Waals surface area contributed by atoms with Gasteiger partial charge in [-0.05, 0) is 24.5 Å². The van der Waals surface area contributed by atoms with E-state index in [0.717, 1.165) is 0 Å². The number of carbonyl (C=O) groups excluding carboxylic acids is 1. The number of carboxylic acids is 1. The number of urea groups is 1. The smallest absolute Gasteiger partial charge is 0.338 e. The minimum atomic E-state index is -1.07. The summed E-state index contributed by atoms with van der Waals surface area (Å²) in [5.41, 5.74) is 0.979. The number of anilines is 1. The number of benzene rings is 1. The van der Waals surface area contributed by atoms with Gasteiger partial charge in [0.2, 0.25) is 0 Å². The van der Waals surface area contributed by atoms with E-state index in [-0.39, 0.29) is 11.3 Å². The van der Waals surface area contributed by atoms with Gasteiger partial charge in [-0.25, -0.2) is 9.59 Å². The summed E-state index contributed by atoms with van der Waals surface area (Å²) >= 11 is 0. The zero-order valence-corrected chi connectivity index (χ0v) is 12.6. The standard InChI is InChI=1S/C15H22N2O4/c1-10(2)9-21-8-7-16-15(20)17-12-6-4-5-11(3)13(12)14(18)19/h4-6,10H,7-9H2,1-3H3,(H,18,19)(H2,16,17,20). The van der Waals surface area contributed by atoms with Gasteiger partial charge in [-0.3, -0.25) is 0 Å². The summed E-state index contributed by atoms with van der Waals surface area (Å²) in [6, 6.07) is 4.50. The molecule has 1 aromatic rings. The number of carbonyl (C=O) groups is 2. The second-order valence-electron chi connectivity index (χ2n) is 5.15. The van der Waals surface area contributed by atoms with Crippen molar-refractivity contribution < 1.29 is 19.4 Å². The molecule has 3 N–H and O–H groups in total. The molecule has 1 aromatic carbocycles. The van der Waals surface area contributed by atoms with E-state index in [1.54, 1.807) is 25.1 Å². The Morgan fingerprint density at radius 1 is 1.33 bits per heavy atom. The molecular formula is C15H22N2O4. The Balaban J connectivity index is 2.48. The highest BCUT2D eigenvalue weighted by Crippen LogP contribution is 2.19. The van der Waals surface area contributed by atoms with Crippen LogP contribution in [0.4, 0.5) is 10.5 Å². The molecule has 2 amide bonds. The SMILES string of the molecule is Cc1cccc(NC(=O)NCCOCC(C)C)c1C(=O)O. The van der Waals surface area contributed by atoms with Crippen molar-refractivity contribution in [1.82, 2.24) is 5.32 Å². The van der Waals surface area contributed by atoms with Gasteiger partial charge in [-0.15, -0.1) is 0 Å². The maximum absolute atomic E-state index is 11.7. The van der Waals surface area contributed by atoms with E-state index in [1.165, 1.54) is 0 Å². The van der Waals surface area contributed by atoms with Crippen molar-refractivity contribution in [3.63, 3.8) is 0 Å². The second-order valence-corrected chi connectivity index (χ2v) is 5.15. The Morgan fingerprint density at radius 3 is 2.67 bits per heavy atom. The van der Waals surface area contributed by atoms with Crippen molar-refractivity contribution in [3.8, 4) is 0 Å². The molecule has 0 atom stereocenters. The average Bonchev–Trinajstić information content (AvgIpc) is 2.37. The van der Waals surface area contributed by atoms with Gasteiger partial charge in [0.15, 0.2) is 0 Å². The van der Waals surface area contributed by atoms with Gasteiger partial charge >= 0.3 is 12.0 Å². The predicted molar refractivity (Wildman–Crippen MR) is 80.8 cm³/mol. The lowest BCUT2D eigenvalue weighted by Gasteiger charge is -2.12. The Bertz CT molecular complexity index is 500. The summed E-state index contributed by atoms with van der Waals surface area (Å²) in [7, 11) is 0. The van der Waals surface area contributed by atoms with Gasteiger partial charge in [0, 0.05) is 13.2 Å². The normalized spacial score (nSPS) is 10.5. The largest absolute Gasteiger partial charge is 0.478 e. The van der Waals surface area contributed by atoms with Gasteiger partial charge in [-0.2, -0.15) is 0 Å². The Hall–Kier alpha value is -2.08. The first-order valence-corrected chi connectivity index (χ1v) is 6.87. The van der Waals surface area contributed by atoms with E-state index in [0.29, 0.717) is 31.2 Å². The van der Waals surface area contributed by atoms with Crippen LogP contribution in [0.1, 0.15) is 29.8 Å². The summed E-state index contributed by atoms with van der Waals surface area (Å²) in [4.78, 5) is 22.9. The maximum atomic E-state index is 11.7. The lowest BCUT2D eigenvalue weighted by molar-refractivity contribution is 0.0697. The highest BCUT2D eigenvalue weighted by atomic mass is 16.5. The highest BCUT2D eigenvalue weighted by Gasteiger charge is 2.14. The average molecular weight is 294 g/mol. The number of ether oxygens (including phenoxy) is 1. The van der Waals surface area contributed by atoms with Crippen molar-refractivity contribution in [3.05, 3.63) is 29.3 Å². The fourth-order valence-electron chi connectivity index (χ4n) is 1.78. The summed E-state index contributed by atoms with van der Waals surface area (Å²) < 4.78 is 5.34. The monoisotopic (exact) mass is 294 g/mol. The van der Waals surface area contributed by atoms with Crippen LogP contribution in [0.5, 0.6) is 0 Å². The quantitative estimate of drug-likeness (QED) is 0.674. The predicted octanol–water partition coefficient (Wildman–Crippen LogP) is 2.49. The molecule has 0 heterocycles. The number of aromatic carboxylic acids is 1. The zero-order chi connectivity index (χ0) is 15.8. The number of aryl methyl sites for hydroxylation is 1. The summed E-state index contributed by atoms with van der Waals surface area (Å²) in [6.45, 7) is 7.21. The molecule has 1 rings (SSSR count). The van der Waals surface area contributed by atoms with Gasteiger partial charge in [0.1, 0.15) is 0 Å². The van der Waals surface area contributed by atoms with Crippen LogP contribution in [0.3, 0.4) is 0 Å². The molecule has 0 spiro atoms. The van der Waals surface area contributed by atoms with Crippen LogP contribution in [0.25, 0.3) is 0 Å². The Kier molecular flexibility index (Phi) is 6.68. The number of hydrogen-bond donors (Lipinski definition) is 3. The summed E-state index contributed by atoms with van der Waals surface area (Å²) in [6.07, 6.45) is 0. The molecular weight excluding hydrogens is 272 g/mol. The minimum Gasteiger partial charge on any atom is -0.478 e. The lowest BCUT2D eigenvalue weighted by Crippen LogP contribution is -2.32. The van der Waals surface area contributed by atoms with Crippen molar-refractivity contribution >= 4 is 17.7 Å². The molecule has 116 valence electrons. The Labute approximate surface area is 124 Å². The number of amides is 2. The van der Waals surface area contributed by atoms with Crippen LogP contribution in [0.15, 0.2) is 18.2 Å². The molecule has 0 unspecified atom stereocenters. The topological polar surface area (TPSA) is 87.7 Å². The van der Waals surface area contributed by atoms with Crippen LogP contribution < -0.4 is 10.6 Å². The molecule has 0 aliphatic heterocycles. The molecule has 21 heavy (non-hydrogen) atoms. The maximum Gasteiger partial charge on any atom is 0.338 e. The van der Waals surface area contributed by atoms with E-state index in [2.05, 4.69) is 10.6 Å². The zero-order valence-electron chi connectivity index (χ0n) is 12.6. The summed E-state index contributed by atoms with van der Waals surface area (Å²) in [5.74, 6) is -0.618. The fraction of sp³-hybridized carbons (Fsp3) is 0.467. The van der Waals surface area contributed by atoms with E-state index in [4.69, 9.17) is 9.84 Å². The Morgan fingerprint density at radius 2 is 2.05 bits per heavy atom. The molecule has 6 heteroatoms. The van der Waals surface area contributed by atoms with Gasteiger partial charge in [0.05, 0.1) is 17.9 Å². The van der Waals surface area contributed by atoms with Crippen LogP contribution in [-0.2, 0) is 4.74 Å². The van der Waals surface area contributed by atoms with Crippen LogP contribution in [-0.4, -0.2) is 36.9 Å². The summed E-state index contributed by atoms with van der Waals surface area (Å²) in [5, 5.41) is 14.3. The van der Waals surface area contributed by atoms with E-state index >= 15 is 0 Å². The van der Waals surface area contributed by atoms with Crippen molar-refractivity contribution in [2.24, 2.45) is 5.92 Å². The number of carboxylic acid groups (broad SMARTS) is 1. The first-order valence-electron chi connectivity index (χ1n) is 6.87. The van der Waals surface area contributed by atoms with Crippen LogP contribution in [0.2, 0.25) is 0 Å². The van der Waals surface area contributed by atoms with Crippen molar-refractivity contribution in [2.45, 2.75) is 20.8 Å². The van der Waals surface area contributed by atoms with E-state index < -0.39 is 12.0 Å². The first-order chi connectivity index (χ1) is 9.91. The fourth-order valence-corrected chi connectivity index (χ4v) is 1.78. The molecule has 0 aliphatic carbocycles. The van der Waals surface area contributed by atoms with E-state index in [9.17, 15) is 9.59 Å². The third kappa shape index (κ3) is 5.83. The van der Waals surface area contributed by atoms with Crippen LogP contribution in [0, 0.1) is 12.8 Å². The molecule has 0 saturated heterocycles. The molecule has 0 bridgehead atoms. The van der Waals surface area contributed by atoms with Crippen molar-refractivity contribution in [1.29, 1.82) is 0 Å². The molecule has 0 radical (unpaired) electrons. The van der Waals surface area contributed by atoms with E-state index in [1.807, 2.05) is 13.8 Å². The third-order valence-electron chi connectivity index (χ3n) is 2.72. The van der Waals surface area contributed by atoms with Gasteiger partial charge < -0.3 is 20.5 Å². The van der Waals surface area contributed by atoms with Gasteiger partial charge in [0.25, 0.3) is 0 Å². The first kappa shape index (κ1) is 17.0. The highest BCUT2D eigenvalue weighted by molar-refractivity contribution is 6.01. The van der Waals surface area contributed by atoms with Gasteiger partial charge in [-0.1, -0.05) is 26.0 Å².